The van der Waals surface area contributed by atoms with Gasteiger partial charge in [0.15, 0.2) is 0 Å². The van der Waals surface area contributed by atoms with Crippen molar-refractivity contribution in [3.05, 3.63) is 29.8 Å². The Morgan fingerprint density at radius 3 is 2.61 bits per heavy atom. The van der Waals surface area contributed by atoms with Crippen LogP contribution in [0.4, 0.5) is 5.69 Å². The lowest BCUT2D eigenvalue weighted by Crippen LogP contribution is -2.12. The maximum absolute atomic E-state index is 9.90. The summed E-state index contributed by atoms with van der Waals surface area (Å²) in [5, 5.41) is 9.90. The van der Waals surface area contributed by atoms with Gasteiger partial charge in [-0.3, -0.25) is 0 Å². The number of hydrogen-bond acceptors (Lipinski definition) is 4. The van der Waals surface area contributed by atoms with E-state index in [1.807, 2.05) is 12.1 Å². The summed E-state index contributed by atoms with van der Waals surface area (Å²) < 4.78 is 10.7. The summed E-state index contributed by atoms with van der Waals surface area (Å²) in [7, 11) is 0. The maximum atomic E-state index is 9.90. The van der Waals surface area contributed by atoms with Gasteiger partial charge in [-0.05, 0) is 12.5 Å². The van der Waals surface area contributed by atoms with Gasteiger partial charge in [0, 0.05) is 17.9 Å². The van der Waals surface area contributed by atoms with Crippen LogP contribution in [0.2, 0.25) is 0 Å². The molecule has 0 bridgehead atoms. The smallest absolute Gasteiger partial charge is 0.104 e. The van der Waals surface area contributed by atoms with Gasteiger partial charge in [-0.25, -0.2) is 0 Å². The summed E-state index contributed by atoms with van der Waals surface area (Å²) >= 11 is 0. The zero-order chi connectivity index (χ0) is 13.2. The predicted octanol–water partition coefficient (Wildman–Crippen LogP) is 2.14. The minimum Gasteiger partial charge on any atom is -0.398 e. The number of benzene rings is 1. The molecule has 0 aliphatic rings. The average Bonchev–Trinajstić information content (AvgIpc) is 2.38. The van der Waals surface area contributed by atoms with Gasteiger partial charge in [-0.1, -0.05) is 31.5 Å². The molecule has 0 aliphatic heterocycles. The van der Waals surface area contributed by atoms with Crippen molar-refractivity contribution in [1.82, 2.24) is 0 Å². The Hall–Kier alpha value is -1.10. The molecule has 0 saturated carbocycles. The third kappa shape index (κ3) is 5.49. The molecule has 0 heterocycles. The van der Waals surface area contributed by atoms with E-state index in [0.717, 1.165) is 19.4 Å². The average molecular weight is 253 g/mol. The van der Waals surface area contributed by atoms with Crippen molar-refractivity contribution < 1.29 is 14.6 Å². The van der Waals surface area contributed by atoms with Crippen molar-refractivity contribution in [2.75, 3.05) is 32.2 Å². The Bertz CT molecular complexity index is 331. The molecule has 1 rings (SSSR count). The maximum Gasteiger partial charge on any atom is 0.104 e. The lowest BCUT2D eigenvalue weighted by Gasteiger charge is -2.13. The molecule has 0 saturated heterocycles. The fourth-order valence-corrected chi connectivity index (χ4v) is 1.57. The molecule has 1 aromatic carbocycles. The first-order chi connectivity index (χ1) is 8.75. The molecule has 4 heteroatoms. The number of para-hydroxylation sites is 1. The lowest BCUT2D eigenvalue weighted by molar-refractivity contribution is 0.00297. The van der Waals surface area contributed by atoms with Gasteiger partial charge >= 0.3 is 0 Å². The fourth-order valence-electron chi connectivity index (χ4n) is 1.57. The quantitative estimate of drug-likeness (QED) is 0.523. The molecule has 0 spiro atoms. The number of nitrogen functional groups attached to an aromatic ring is 1. The molecule has 0 aliphatic carbocycles. The fraction of sp³-hybridized carbons (Fsp3) is 0.571. The van der Waals surface area contributed by atoms with Crippen LogP contribution in [0.3, 0.4) is 0 Å². The third-order valence-corrected chi connectivity index (χ3v) is 2.64. The van der Waals surface area contributed by atoms with Crippen molar-refractivity contribution >= 4 is 5.69 Å². The topological polar surface area (TPSA) is 64.7 Å². The van der Waals surface area contributed by atoms with Crippen LogP contribution < -0.4 is 5.73 Å². The van der Waals surface area contributed by atoms with E-state index in [1.54, 1.807) is 12.1 Å². The van der Waals surface area contributed by atoms with Crippen molar-refractivity contribution in [2.24, 2.45) is 0 Å². The highest BCUT2D eigenvalue weighted by Crippen LogP contribution is 2.19. The summed E-state index contributed by atoms with van der Waals surface area (Å²) in [6.07, 6.45) is 1.53. The molecular formula is C14H23NO3. The number of ether oxygens (including phenoxy) is 2. The zero-order valence-electron chi connectivity index (χ0n) is 11.0. The lowest BCUT2D eigenvalue weighted by atomic mass is 10.1. The van der Waals surface area contributed by atoms with Crippen LogP contribution in [-0.2, 0) is 9.47 Å². The standard InChI is InChI=1S/C14H23NO3/c1-2-3-8-17-9-10-18-11-14(16)12-6-4-5-7-13(12)15/h4-7,14,16H,2-3,8-11,15H2,1H3. The van der Waals surface area contributed by atoms with Crippen LogP contribution in [0.1, 0.15) is 31.4 Å². The highest BCUT2D eigenvalue weighted by Gasteiger charge is 2.10. The zero-order valence-corrected chi connectivity index (χ0v) is 11.0. The minimum absolute atomic E-state index is 0.241. The van der Waals surface area contributed by atoms with Crippen LogP contribution in [-0.4, -0.2) is 31.5 Å². The second-order valence-electron chi connectivity index (χ2n) is 4.19. The van der Waals surface area contributed by atoms with Crippen LogP contribution in [0.25, 0.3) is 0 Å². The second kappa shape index (κ2) is 8.91. The number of nitrogens with two attached hydrogens (primary N) is 1. The summed E-state index contributed by atoms with van der Waals surface area (Å²) in [6.45, 7) is 4.20. The first-order valence-corrected chi connectivity index (χ1v) is 6.43. The Balaban J connectivity index is 2.14. The van der Waals surface area contributed by atoms with E-state index in [-0.39, 0.29) is 6.61 Å². The van der Waals surface area contributed by atoms with Gasteiger partial charge in [0.05, 0.1) is 19.8 Å². The highest BCUT2D eigenvalue weighted by atomic mass is 16.5. The van der Waals surface area contributed by atoms with E-state index in [1.165, 1.54) is 0 Å². The number of aliphatic hydroxyl groups excluding tert-OH is 1. The van der Waals surface area contributed by atoms with Gasteiger partial charge in [0.2, 0.25) is 0 Å². The van der Waals surface area contributed by atoms with Crippen molar-refractivity contribution in [2.45, 2.75) is 25.9 Å². The molecule has 4 nitrogen and oxygen atoms in total. The van der Waals surface area contributed by atoms with E-state index < -0.39 is 6.10 Å². The number of unbranched alkanes of at least 4 members (excludes halogenated alkanes) is 1. The highest BCUT2D eigenvalue weighted by molar-refractivity contribution is 5.47. The normalized spacial score (nSPS) is 12.6. The first-order valence-electron chi connectivity index (χ1n) is 6.43. The van der Waals surface area contributed by atoms with Crippen molar-refractivity contribution in [3.63, 3.8) is 0 Å². The molecule has 0 fully saturated rings. The molecule has 0 radical (unpaired) electrons. The number of anilines is 1. The molecule has 1 atom stereocenters. The minimum atomic E-state index is -0.679. The first kappa shape index (κ1) is 15.0. The van der Waals surface area contributed by atoms with E-state index in [2.05, 4.69) is 6.92 Å². The second-order valence-corrected chi connectivity index (χ2v) is 4.19. The molecule has 0 amide bonds. The van der Waals surface area contributed by atoms with E-state index >= 15 is 0 Å². The summed E-state index contributed by atoms with van der Waals surface area (Å²) in [4.78, 5) is 0. The molecule has 3 N–H and O–H groups in total. The molecule has 18 heavy (non-hydrogen) atoms. The molecule has 1 aromatic rings. The van der Waals surface area contributed by atoms with Crippen LogP contribution >= 0.6 is 0 Å². The number of aliphatic hydroxyl groups is 1. The Morgan fingerprint density at radius 1 is 1.17 bits per heavy atom. The molecular weight excluding hydrogens is 230 g/mol. The van der Waals surface area contributed by atoms with Gasteiger partial charge in [0.25, 0.3) is 0 Å². The van der Waals surface area contributed by atoms with Crippen LogP contribution in [0.15, 0.2) is 24.3 Å². The van der Waals surface area contributed by atoms with E-state index in [9.17, 15) is 5.11 Å². The molecule has 1 unspecified atom stereocenters. The van der Waals surface area contributed by atoms with Gasteiger partial charge < -0.3 is 20.3 Å². The monoisotopic (exact) mass is 253 g/mol. The Morgan fingerprint density at radius 2 is 1.89 bits per heavy atom. The van der Waals surface area contributed by atoms with Crippen LogP contribution in [0.5, 0.6) is 0 Å². The number of hydrogen-bond donors (Lipinski definition) is 2. The molecule has 102 valence electrons. The largest absolute Gasteiger partial charge is 0.398 e. The third-order valence-electron chi connectivity index (χ3n) is 2.64. The van der Waals surface area contributed by atoms with Crippen molar-refractivity contribution in [1.29, 1.82) is 0 Å². The summed E-state index contributed by atoms with van der Waals surface area (Å²) in [6, 6.07) is 7.27. The van der Waals surface area contributed by atoms with E-state index in [4.69, 9.17) is 15.2 Å². The van der Waals surface area contributed by atoms with Crippen molar-refractivity contribution in [3.8, 4) is 0 Å². The SMILES string of the molecule is CCCCOCCOCC(O)c1ccccc1N. The van der Waals surface area contributed by atoms with Gasteiger partial charge in [0.1, 0.15) is 6.10 Å². The summed E-state index contributed by atoms with van der Waals surface area (Å²) in [5.74, 6) is 0. The number of rotatable bonds is 9. The molecule has 0 aromatic heterocycles. The Kier molecular flexibility index (Phi) is 7.41. The Labute approximate surface area is 109 Å². The van der Waals surface area contributed by atoms with E-state index in [0.29, 0.717) is 24.5 Å². The van der Waals surface area contributed by atoms with Crippen LogP contribution in [0, 0.1) is 0 Å². The summed E-state index contributed by atoms with van der Waals surface area (Å²) in [5.41, 5.74) is 7.07. The van der Waals surface area contributed by atoms with Gasteiger partial charge in [-0.15, -0.1) is 0 Å². The predicted molar refractivity (Wildman–Crippen MR) is 72.4 cm³/mol. The van der Waals surface area contributed by atoms with Gasteiger partial charge in [-0.2, -0.15) is 0 Å².